The van der Waals surface area contributed by atoms with E-state index in [1.807, 2.05) is 18.2 Å². The molecule has 0 aliphatic carbocycles. The van der Waals surface area contributed by atoms with Crippen LogP contribution < -0.4 is 14.8 Å². The van der Waals surface area contributed by atoms with Crippen molar-refractivity contribution in [3.8, 4) is 11.5 Å². The highest BCUT2D eigenvalue weighted by molar-refractivity contribution is 5.43. The molecule has 0 heterocycles. The predicted molar refractivity (Wildman–Crippen MR) is 70.7 cm³/mol. The summed E-state index contributed by atoms with van der Waals surface area (Å²) in [4.78, 5) is 0. The molecule has 0 aliphatic heterocycles. The molecule has 0 spiro atoms. The van der Waals surface area contributed by atoms with Gasteiger partial charge in [0.05, 0.1) is 7.11 Å². The van der Waals surface area contributed by atoms with Gasteiger partial charge in [0, 0.05) is 6.54 Å². The third kappa shape index (κ3) is 4.49. The lowest BCUT2D eigenvalue weighted by Gasteiger charge is -2.11. The Morgan fingerprint density at radius 3 is 2.82 bits per heavy atom. The Morgan fingerprint density at radius 2 is 2.18 bits per heavy atom. The molecule has 94 valence electrons. The Morgan fingerprint density at radius 1 is 1.35 bits per heavy atom. The minimum atomic E-state index is 0.488. The zero-order chi connectivity index (χ0) is 12.5. The first kappa shape index (κ1) is 13.6. The fourth-order valence-corrected chi connectivity index (χ4v) is 1.50. The maximum Gasteiger partial charge on any atom is 0.161 e. The van der Waals surface area contributed by atoms with Crippen LogP contribution in [0.4, 0.5) is 0 Å². The number of nitrogens with one attached hydrogen (secondary N) is 1. The second-order valence-corrected chi connectivity index (χ2v) is 3.76. The second kappa shape index (κ2) is 7.74. The molecule has 0 unspecified atom stereocenters. The number of benzene rings is 1. The standard InChI is InChI=1S/C14H21NO2/c1-4-8-15-11-12-6-7-13(16-3)14(10-12)17-9-5-2/h5-7,10,15H,2,4,8-9,11H2,1,3H3. The van der Waals surface area contributed by atoms with E-state index < -0.39 is 0 Å². The lowest BCUT2D eigenvalue weighted by molar-refractivity contribution is 0.326. The first-order valence-corrected chi connectivity index (χ1v) is 5.93. The highest BCUT2D eigenvalue weighted by Crippen LogP contribution is 2.27. The molecule has 0 amide bonds. The van der Waals surface area contributed by atoms with Crippen molar-refractivity contribution in [2.24, 2.45) is 0 Å². The second-order valence-electron chi connectivity index (χ2n) is 3.76. The Kier molecular flexibility index (Phi) is 6.18. The molecule has 1 aromatic carbocycles. The molecule has 0 aliphatic rings. The quantitative estimate of drug-likeness (QED) is 0.555. The Balaban J connectivity index is 2.69. The van der Waals surface area contributed by atoms with Crippen molar-refractivity contribution in [3.63, 3.8) is 0 Å². The molecule has 0 fully saturated rings. The lowest BCUT2D eigenvalue weighted by Crippen LogP contribution is -2.13. The van der Waals surface area contributed by atoms with Crippen molar-refractivity contribution in [1.82, 2.24) is 5.32 Å². The van der Waals surface area contributed by atoms with E-state index in [0.717, 1.165) is 31.0 Å². The summed E-state index contributed by atoms with van der Waals surface area (Å²) >= 11 is 0. The fourth-order valence-electron chi connectivity index (χ4n) is 1.50. The van der Waals surface area contributed by atoms with Gasteiger partial charge in [-0.3, -0.25) is 0 Å². The van der Waals surface area contributed by atoms with Crippen molar-refractivity contribution in [2.75, 3.05) is 20.3 Å². The summed E-state index contributed by atoms with van der Waals surface area (Å²) < 4.78 is 10.8. The summed E-state index contributed by atoms with van der Waals surface area (Å²) in [6, 6.07) is 5.98. The largest absolute Gasteiger partial charge is 0.493 e. The van der Waals surface area contributed by atoms with Crippen LogP contribution in [-0.2, 0) is 6.54 Å². The molecule has 0 bridgehead atoms. The van der Waals surface area contributed by atoms with E-state index in [0.29, 0.717) is 6.61 Å². The van der Waals surface area contributed by atoms with Crippen molar-refractivity contribution in [3.05, 3.63) is 36.4 Å². The average Bonchev–Trinajstić information content (AvgIpc) is 2.37. The third-order valence-electron chi connectivity index (χ3n) is 2.34. The summed E-state index contributed by atoms with van der Waals surface area (Å²) in [5.41, 5.74) is 1.19. The Bertz CT molecular complexity index is 350. The minimum absolute atomic E-state index is 0.488. The van der Waals surface area contributed by atoms with E-state index in [1.165, 1.54) is 5.56 Å². The van der Waals surface area contributed by atoms with Crippen molar-refractivity contribution >= 4 is 0 Å². The molecule has 3 nitrogen and oxygen atoms in total. The van der Waals surface area contributed by atoms with Gasteiger partial charge in [0.2, 0.25) is 0 Å². The molecule has 3 heteroatoms. The SMILES string of the molecule is C=CCOc1cc(CNCCC)ccc1OC. The summed E-state index contributed by atoms with van der Waals surface area (Å²) in [6.07, 6.45) is 2.86. The molecule has 0 atom stereocenters. The molecule has 0 saturated carbocycles. The van der Waals surface area contributed by atoms with Crippen LogP contribution in [0.3, 0.4) is 0 Å². The molecule has 1 rings (SSSR count). The minimum Gasteiger partial charge on any atom is -0.493 e. The number of hydrogen-bond donors (Lipinski definition) is 1. The van der Waals surface area contributed by atoms with Crippen molar-refractivity contribution in [1.29, 1.82) is 0 Å². The average molecular weight is 235 g/mol. The highest BCUT2D eigenvalue weighted by Gasteiger charge is 2.04. The Hall–Kier alpha value is -1.48. The van der Waals surface area contributed by atoms with E-state index in [9.17, 15) is 0 Å². The van der Waals surface area contributed by atoms with Gasteiger partial charge < -0.3 is 14.8 Å². The van der Waals surface area contributed by atoms with Gasteiger partial charge in [0.15, 0.2) is 11.5 Å². The van der Waals surface area contributed by atoms with Crippen LogP contribution in [0, 0.1) is 0 Å². The van der Waals surface area contributed by atoms with Gasteiger partial charge >= 0.3 is 0 Å². The monoisotopic (exact) mass is 235 g/mol. The molecule has 0 aromatic heterocycles. The van der Waals surface area contributed by atoms with E-state index in [4.69, 9.17) is 9.47 Å². The topological polar surface area (TPSA) is 30.5 Å². The summed E-state index contributed by atoms with van der Waals surface area (Å²) in [5.74, 6) is 1.52. The summed E-state index contributed by atoms with van der Waals surface area (Å²) in [5, 5.41) is 3.36. The first-order chi connectivity index (χ1) is 8.31. The zero-order valence-corrected chi connectivity index (χ0v) is 10.7. The van der Waals surface area contributed by atoms with Gasteiger partial charge in [-0.05, 0) is 30.7 Å². The maximum atomic E-state index is 5.55. The van der Waals surface area contributed by atoms with Crippen LogP contribution in [0.1, 0.15) is 18.9 Å². The van der Waals surface area contributed by atoms with E-state index in [-0.39, 0.29) is 0 Å². The lowest BCUT2D eigenvalue weighted by atomic mass is 10.2. The first-order valence-electron chi connectivity index (χ1n) is 5.93. The van der Waals surface area contributed by atoms with Crippen LogP contribution in [0.25, 0.3) is 0 Å². The molecule has 0 saturated heterocycles. The molecule has 1 aromatic rings. The number of hydrogen-bond acceptors (Lipinski definition) is 3. The van der Waals surface area contributed by atoms with Crippen LogP contribution in [0.5, 0.6) is 11.5 Å². The number of ether oxygens (including phenoxy) is 2. The number of methoxy groups -OCH3 is 1. The van der Waals surface area contributed by atoms with E-state index in [2.05, 4.69) is 18.8 Å². The molecule has 17 heavy (non-hydrogen) atoms. The van der Waals surface area contributed by atoms with Gasteiger partial charge in [-0.25, -0.2) is 0 Å². The molecular weight excluding hydrogens is 214 g/mol. The molecule has 1 N–H and O–H groups in total. The van der Waals surface area contributed by atoms with Gasteiger partial charge in [-0.1, -0.05) is 25.6 Å². The van der Waals surface area contributed by atoms with Crippen LogP contribution in [0.15, 0.2) is 30.9 Å². The van der Waals surface area contributed by atoms with Gasteiger partial charge in [-0.2, -0.15) is 0 Å². The maximum absolute atomic E-state index is 5.55. The third-order valence-corrected chi connectivity index (χ3v) is 2.34. The van der Waals surface area contributed by atoms with E-state index in [1.54, 1.807) is 13.2 Å². The van der Waals surface area contributed by atoms with Crippen LogP contribution >= 0.6 is 0 Å². The molecule has 0 radical (unpaired) electrons. The highest BCUT2D eigenvalue weighted by atomic mass is 16.5. The fraction of sp³-hybridized carbons (Fsp3) is 0.429. The summed E-state index contributed by atoms with van der Waals surface area (Å²) in [6.45, 7) is 8.15. The normalized spacial score (nSPS) is 10.0. The van der Waals surface area contributed by atoms with Gasteiger partial charge in [0.25, 0.3) is 0 Å². The van der Waals surface area contributed by atoms with Crippen molar-refractivity contribution in [2.45, 2.75) is 19.9 Å². The number of rotatable bonds is 8. The van der Waals surface area contributed by atoms with Crippen molar-refractivity contribution < 1.29 is 9.47 Å². The smallest absolute Gasteiger partial charge is 0.161 e. The predicted octanol–water partition coefficient (Wildman–Crippen LogP) is 2.76. The molecular formula is C14H21NO2. The van der Waals surface area contributed by atoms with Gasteiger partial charge in [0.1, 0.15) is 6.61 Å². The van der Waals surface area contributed by atoms with Crippen LogP contribution in [-0.4, -0.2) is 20.3 Å². The van der Waals surface area contributed by atoms with Gasteiger partial charge in [-0.15, -0.1) is 0 Å². The van der Waals surface area contributed by atoms with E-state index >= 15 is 0 Å². The van der Waals surface area contributed by atoms with Crippen LogP contribution in [0.2, 0.25) is 0 Å². The zero-order valence-electron chi connectivity index (χ0n) is 10.7. The summed E-state index contributed by atoms with van der Waals surface area (Å²) in [7, 11) is 1.64. The Labute approximate surface area is 103 Å².